The zero-order valence-corrected chi connectivity index (χ0v) is 18.6. The number of rotatable bonds is 4. The summed E-state index contributed by atoms with van der Waals surface area (Å²) < 4.78 is 2.09. The van der Waals surface area contributed by atoms with E-state index in [4.69, 9.17) is 4.98 Å². The van der Waals surface area contributed by atoms with Crippen molar-refractivity contribution in [2.45, 2.75) is 19.8 Å². The van der Waals surface area contributed by atoms with Crippen LogP contribution in [0.3, 0.4) is 0 Å². The highest BCUT2D eigenvalue weighted by Crippen LogP contribution is 2.25. The van der Waals surface area contributed by atoms with E-state index in [1.807, 2.05) is 85.8 Å². The van der Waals surface area contributed by atoms with Gasteiger partial charge in [-0.15, -0.1) is 0 Å². The Morgan fingerprint density at radius 3 is 2.45 bits per heavy atom. The highest BCUT2D eigenvalue weighted by atomic mass is 16.2. The molecule has 1 atom stereocenters. The number of benzene rings is 3. The minimum absolute atomic E-state index is 0.0358. The molecule has 0 bridgehead atoms. The zero-order valence-electron chi connectivity index (χ0n) is 18.6. The van der Waals surface area contributed by atoms with E-state index in [1.165, 1.54) is 0 Å². The first kappa shape index (κ1) is 20.9. The van der Waals surface area contributed by atoms with Crippen molar-refractivity contribution in [2.24, 2.45) is 5.92 Å². The second-order valence-corrected chi connectivity index (χ2v) is 8.48. The Balaban J connectivity index is 1.34. The van der Waals surface area contributed by atoms with Crippen LogP contribution in [0.2, 0.25) is 0 Å². The number of para-hydroxylation sites is 2. The zero-order chi connectivity index (χ0) is 22.8. The monoisotopic (exact) mass is 438 g/mol. The first-order valence-corrected chi connectivity index (χ1v) is 11.3. The van der Waals surface area contributed by atoms with Crippen molar-refractivity contribution in [3.8, 4) is 5.69 Å². The number of nitrogens with zero attached hydrogens (tertiary/aromatic N) is 3. The molecule has 0 spiro atoms. The molecule has 1 N–H and O–H groups in total. The molecule has 5 rings (SSSR count). The predicted octanol–water partition coefficient (Wildman–Crippen LogP) is 4.82. The van der Waals surface area contributed by atoms with Crippen molar-refractivity contribution in [1.82, 2.24) is 14.5 Å². The minimum atomic E-state index is -0.217. The Bertz CT molecular complexity index is 1300. The van der Waals surface area contributed by atoms with E-state index in [1.54, 1.807) is 4.90 Å². The third kappa shape index (κ3) is 4.24. The van der Waals surface area contributed by atoms with E-state index in [2.05, 4.69) is 9.88 Å². The average Bonchev–Trinajstić information content (AvgIpc) is 3.19. The van der Waals surface area contributed by atoms with Crippen molar-refractivity contribution in [1.29, 1.82) is 0 Å². The molecule has 166 valence electrons. The predicted molar refractivity (Wildman–Crippen MR) is 130 cm³/mol. The Hall–Kier alpha value is -3.93. The van der Waals surface area contributed by atoms with Gasteiger partial charge in [-0.05, 0) is 62.2 Å². The van der Waals surface area contributed by atoms with E-state index in [0.29, 0.717) is 18.7 Å². The fraction of sp³-hybridized carbons (Fsp3) is 0.222. The first-order valence-electron chi connectivity index (χ1n) is 11.3. The number of fused-ring (bicyclic) bond motifs is 1. The van der Waals surface area contributed by atoms with Gasteiger partial charge in [-0.3, -0.25) is 14.2 Å². The topological polar surface area (TPSA) is 67.2 Å². The van der Waals surface area contributed by atoms with Crippen LogP contribution in [0.25, 0.3) is 16.7 Å². The molecular weight excluding hydrogens is 412 g/mol. The van der Waals surface area contributed by atoms with Crippen LogP contribution in [0.1, 0.15) is 29.0 Å². The summed E-state index contributed by atoms with van der Waals surface area (Å²) in [5.41, 5.74) is 4.18. The van der Waals surface area contributed by atoms with Gasteiger partial charge in [-0.2, -0.15) is 0 Å². The van der Waals surface area contributed by atoms with Gasteiger partial charge in [0.15, 0.2) is 0 Å². The van der Waals surface area contributed by atoms with Gasteiger partial charge >= 0.3 is 0 Å². The molecule has 1 unspecified atom stereocenters. The molecule has 3 aromatic carbocycles. The molecular formula is C27H26N4O2. The van der Waals surface area contributed by atoms with E-state index in [-0.39, 0.29) is 17.7 Å². The third-order valence-electron chi connectivity index (χ3n) is 6.20. The van der Waals surface area contributed by atoms with Crippen LogP contribution in [-0.4, -0.2) is 39.4 Å². The summed E-state index contributed by atoms with van der Waals surface area (Å²) in [6.45, 7) is 3.05. The lowest BCUT2D eigenvalue weighted by Crippen LogP contribution is -2.43. The number of carbonyl (C=O) groups is 2. The van der Waals surface area contributed by atoms with Crippen molar-refractivity contribution >= 4 is 28.5 Å². The van der Waals surface area contributed by atoms with E-state index < -0.39 is 0 Å². The van der Waals surface area contributed by atoms with Crippen LogP contribution in [-0.2, 0) is 4.79 Å². The fourth-order valence-corrected chi connectivity index (χ4v) is 4.56. The van der Waals surface area contributed by atoms with Gasteiger partial charge in [-0.1, -0.05) is 36.4 Å². The number of aryl methyl sites for hydroxylation is 1. The largest absolute Gasteiger partial charge is 0.338 e. The van der Waals surface area contributed by atoms with Crippen molar-refractivity contribution in [3.05, 3.63) is 90.3 Å². The van der Waals surface area contributed by atoms with E-state index >= 15 is 0 Å². The van der Waals surface area contributed by atoms with Crippen LogP contribution >= 0.6 is 0 Å². The van der Waals surface area contributed by atoms with Gasteiger partial charge in [0.05, 0.1) is 17.0 Å². The lowest BCUT2D eigenvalue weighted by atomic mass is 9.96. The standard InChI is InChI=1S/C27H26N4O2/c1-19-28-24-17-20(14-15-25(24)31(19)23-12-6-3-7-13-23)27(33)30-16-8-9-21(18-30)26(32)29-22-10-4-2-5-11-22/h2-7,10-15,17,21H,8-9,16,18H2,1H3,(H,29,32). The number of likely N-dealkylation sites (tertiary alicyclic amines) is 1. The first-order chi connectivity index (χ1) is 16.1. The molecule has 0 saturated carbocycles. The number of hydrogen-bond donors (Lipinski definition) is 1. The number of anilines is 1. The molecule has 33 heavy (non-hydrogen) atoms. The van der Waals surface area contributed by atoms with Gasteiger partial charge in [0.1, 0.15) is 5.82 Å². The van der Waals surface area contributed by atoms with Crippen molar-refractivity contribution in [2.75, 3.05) is 18.4 Å². The lowest BCUT2D eigenvalue weighted by molar-refractivity contribution is -0.121. The van der Waals surface area contributed by atoms with Gasteiger partial charge in [0.25, 0.3) is 5.91 Å². The van der Waals surface area contributed by atoms with E-state index in [9.17, 15) is 9.59 Å². The second-order valence-electron chi connectivity index (χ2n) is 8.48. The summed E-state index contributed by atoms with van der Waals surface area (Å²) in [4.78, 5) is 32.5. The fourth-order valence-electron chi connectivity index (χ4n) is 4.56. The smallest absolute Gasteiger partial charge is 0.253 e. The molecule has 2 heterocycles. The Morgan fingerprint density at radius 2 is 1.70 bits per heavy atom. The quantitative estimate of drug-likeness (QED) is 0.497. The molecule has 6 heteroatoms. The van der Waals surface area contributed by atoms with Crippen LogP contribution in [0.5, 0.6) is 0 Å². The van der Waals surface area contributed by atoms with Crippen LogP contribution in [0.4, 0.5) is 5.69 Å². The molecule has 1 fully saturated rings. The van der Waals surface area contributed by atoms with Gasteiger partial charge < -0.3 is 10.2 Å². The number of nitrogens with one attached hydrogen (secondary N) is 1. The van der Waals surface area contributed by atoms with Crippen LogP contribution < -0.4 is 5.32 Å². The maximum absolute atomic E-state index is 13.3. The molecule has 4 aromatic rings. The minimum Gasteiger partial charge on any atom is -0.338 e. The lowest BCUT2D eigenvalue weighted by Gasteiger charge is -2.32. The summed E-state index contributed by atoms with van der Waals surface area (Å²) in [5, 5.41) is 2.97. The number of aromatic nitrogens is 2. The van der Waals surface area contributed by atoms with Crippen molar-refractivity contribution < 1.29 is 9.59 Å². The highest BCUT2D eigenvalue weighted by Gasteiger charge is 2.29. The Labute approximate surface area is 192 Å². The normalized spacial score (nSPS) is 16.0. The molecule has 0 radical (unpaired) electrons. The Kier molecular flexibility index (Phi) is 5.65. The average molecular weight is 439 g/mol. The van der Waals surface area contributed by atoms with Gasteiger partial charge in [0.2, 0.25) is 5.91 Å². The molecule has 0 aliphatic carbocycles. The number of carbonyl (C=O) groups excluding carboxylic acids is 2. The van der Waals surface area contributed by atoms with Crippen LogP contribution in [0, 0.1) is 12.8 Å². The summed E-state index contributed by atoms with van der Waals surface area (Å²) in [5.74, 6) is 0.565. The number of amides is 2. The second kappa shape index (κ2) is 8.90. The van der Waals surface area contributed by atoms with Crippen LogP contribution in [0.15, 0.2) is 78.9 Å². The SMILES string of the molecule is Cc1nc2cc(C(=O)N3CCCC(C(=O)Nc4ccccc4)C3)ccc2n1-c1ccccc1. The number of piperidine rings is 1. The number of hydrogen-bond acceptors (Lipinski definition) is 3. The summed E-state index contributed by atoms with van der Waals surface area (Å²) in [6.07, 6.45) is 1.59. The third-order valence-corrected chi connectivity index (χ3v) is 6.20. The molecule has 1 aliphatic heterocycles. The molecule has 1 aromatic heterocycles. The Morgan fingerprint density at radius 1 is 0.970 bits per heavy atom. The maximum Gasteiger partial charge on any atom is 0.253 e. The maximum atomic E-state index is 13.3. The van der Waals surface area contributed by atoms with E-state index in [0.717, 1.165) is 41.1 Å². The summed E-state index contributed by atoms with van der Waals surface area (Å²) in [7, 11) is 0. The van der Waals surface area contributed by atoms with Gasteiger partial charge in [-0.25, -0.2) is 4.98 Å². The highest BCUT2D eigenvalue weighted by molar-refractivity contribution is 5.98. The number of imidazole rings is 1. The molecule has 1 aliphatic rings. The molecule has 2 amide bonds. The van der Waals surface area contributed by atoms with Gasteiger partial charge in [0, 0.05) is 30.0 Å². The summed E-state index contributed by atoms with van der Waals surface area (Å²) in [6, 6.07) is 25.2. The van der Waals surface area contributed by atoms with Crippen molar-refractivity contribution in [3.63, 3.8) is 0 Å². The molecule has 6 nitrogen and oxygen atoms in total. The summed E-state index contributed by atoms with van der Waals surface area (Å²) >= 11 is 0. The molecule has 1 saturated heterocycles.